The first-order valence-electron chi connectivity index (χ1n) is 5.25. The van der Waals surface area contributed by atoms with E-state index in [1.807, 2.05) is 20.8 Å². The van der Waals surface area contributed by atoms with Gasteiger partial charge < -0.3 is 5.32 Å². The first kappa shape index (κ1) is 15.2. The molecule has 0 spiro atoms. The average molecular weight is 247 g/mol. The molecular weight excluding hydrogens is 226 g/mol. The number of hydrogen-bond donors (Lipinski definition) is 1. The molecule has 1 N–H and O–H groups in total. The molecule has 0 aromatic carbocycles. The average Bonchev–Trinajstić information content (AvgIpc) is 2.10. The van der Waals surface area contributed by atoms with Crippen molar-refractivity contribution in [3.05, 3.63) is 12.2 Å². The number of nitrogens with one attached hydrogen (secondary N) is 1. The molecule has 16 heavy (non-hydrogen) atoms. The molecule has 0 aliphatic heterocycles. The fraction of sp³-hybridized carbons (Fsp3) is 0.727. The van der Waals surface area contributed by atoms with Crippen LogP contribution in [0.25, 0.3) is 0 Å². The summed E-state index contributed by atoms with van der Waals surface area (Å²) >= 11 is 0. The van der Waals surface area contributed by atoms with Crippen LogP contribution < -0.4 is 5.32 Å². The van der Waals surface area contributed by atoms with E-state index in [1.54, 1.807) is 13.0 Å². The molecule has 0 fully saturated rings. The Bertz CT molecular complexity index is 363. The third-order valence-corrected chi connectivity index (χ3v) is 3.92. The highest BCUT2D eigenvalue weighted by Gasteiger charge is 2.28. The molecule has 1 amide bonds. The van der Waals surface area contributed by atoms with Crippen LogP contribution in [0, 0.1) is 0 Å². The summed E-state index contributed by atoms with van der Waals surface area (Å²) in [5.41, 5.74) is -0.415. The minimum absolute atomic E-state index is 0.0950. The normalized spacial score (nSPS) is 15.1. The van der Waals surface area contributed by atoms with Crippen LogP contribution in [-0.4, -0.2) is 30.9 Å². The summed E-state index contributed by atoms with van der Waals surface area (Å²) < 4.78 is 23.4. The van der Waals surface area contributed by atoms with Crippen molar-refractivity contribution in [1.29, 1.82) is 0 Å². The lowest BCUT2D eigenvalue weighted by Gasteiger charge is -2.23. The first-order valence-corrected chi connectivity index (χ1v) is 6.96. The predicted octanol–water partition coefficient (Wildman–Crippen LogP) is 1.28. The van der Waals surface area contributed by atoms with Gasteiger partial charge in [-0.25, -0.2) is 8.42 Å². The highest BCUT2D eigenvalue weighted by molar-refractivity contribution is 7.92. The second-order valence-electron chi connectivity index (χ2n) is 4.78. The number of amides is 1. The number of hydrogen-bond acceptors (Lipinski definition) is 3. The van der Waals surface area contributed by atoms with Gasteiger partial charge in [0.05, 0.1) is 5.75 Å². The summed E-state index contributed by atoms with van der Waals surface area (Å²) in [5.74, 6) is -0.542. The Morgan fingerprint density at radius 1 is 1.38 bits per heavy atom. The first-order chi connectivity index (χ1) is 7.10. The van der Waals surface area contributed by atoms with Crippen LogP contribution in [0.3, 0.4) is 0 Å². The van der Waals surface area contributed by atoms with Crippen LogP contribution in [0.1, 0.15) is 34.6 Å². The molecule has 0 saturated heterocycles. The molecule has 0 aliphatic carbocycles. The van der Waals surface area contributed by atoms with Crippen molar-refractivity contribution in [1.82, 2.24) is 5.32 Å². The minimum atomic E-state index is -3.39. The maximum absolute atomic E-state index is 11.7. The lowest BCUT2D eigenvalue weighted by atomic mass is 10.1. The summed E-state index contributed by atoms with van der Waals surface area (Å²) in [5, 5.41) is 1.65. The molecule has 0 bridgehead atoms. The highest BCUT2D eigenvalue weighted by atomic mass is 32.2. The van der Waals surface area contributed by atoms with Gasteiger partial charge in [0.25, 0.3) is 0 Å². The Labute approximate surface area is 98.0 Å². The SMILES string of the molecule is C/C=C/CS(=O)(=O)C(C)C(=O)NC(C)(C)C. The number of sulfone groups is 1. The van der Waals surface area contributed by atoms with Crippen LogP contribution in [0.15, 0.2) is 12.2 Å². The van der Waals surface area contributed by atoms with Crippen LogP contribution >= 0.6 is 0 Å². The Hall–Kier alpha value is -0.840. The maximum atomic E-state index is 11.7. The fourth-order valence-corrected chi connectivity index (χ4v) is 2.14. The monoisotopic (exact) mass is 247 g/mol. The van der Waals surface area contributed by atoms with Gasteiger partial charge in [0.1, 0.15) is 5.25 Å². The Kier molecular flexibility index (Phi) is 5.19. The van der Waals surface area contributed by atoms with Crippen LogP contribution in [0.5, 0.6) is 0 Å². The molecule has 0 aliphatic rings. The molecule has 0 aromatic rings. The lowest BCUT2D eigenvalue weighted by Crippen LogP contribution is -2.47. The minimum Gasteiger partial charge on any atom is -0.350 e. The summed E-state index contributed by atoms with van der Waals surface area (Å²) in [4.78, 5) is 11.7. The van der Waals surface area contributed by atoms with Gasteiger partial charge in [-0.15, -0.1) is 0 Å². The van der Waals surface area contributed by atoms with E-state index in [9.17, 15) is 13.2 Å². The highest BCUT2D eigenvalue weighted by Crippen LogP contribution is 2.06. The van der Waals surface area contributed by atoms with Crippen molar-refractivity contribution < 1.29 is 13.2 Å². The van der Waals surface area contributed by atoms with Gasteiger partial charge in [-0.2, -0.15) is 0 Å². The molecule has 1 atom stereocenters. The van der Waals surface area contributed by atoms with Crippen LogP contribution in [-0.2, 0) is 14.6 Å². The van der Waals surface area contributed by atoms with Gasteiger partial charge in [0, 0.05) is 5.54 Å². The van der Waals surface area contributed by atoms with Crippen molar-refractivity contribution in [3.8, 4) is 0 Å². The topological polar surface area (TPSA) is 63.2 Å². The van der Waals surface area contributed by atoms with E-state index in [1.165, 1.54) is 13.0 Å². The fourth-order valence-electron chi connectivity index (χ4n) is 1.01. The Balaban J connectivity index is 4.67. The van der Waals surface area contributed by atoms with Crippen molar-refractivity contribution in [2.24, 2.45) is 0 Å². The van der Waals surface area contributed by atoms with Gasteiger partial charge in [-0.1, -0.05) is 12.2 Å². The number of allylic oxidation sites excluding steroid dienone is 1. The number of carbonyl (C=O) groups excluding carboxylic acids is 1. The molecular formula is C11H21NO3S. The molecule has 0 saturated carbocycles. The van der Waals surface area contributed by atoms with Crippen molar-refractivity contribution in [3.63, 3.8) is 0 Å². The van der Waals surface area contributed by atoms with Crippen molar-refractivity contribution in [2.75, 3.05) is 5.75 Å². The van der Waals surface area contributed by atoms with E-state index in [-0.39, 0.29) is 5.75 Å². The quantitative estimate of drug-likeness (QED) is 0.761. The zero-order chi connectivity index (χ0) is 13.0. The summed E-state index contributed by atoms with van der Waals surface area (Å²) in [6.45, 7) is 8.61. The third kappa shape index (κ3) is 5.30. The van der Waals surface area contributed by atoms with Crippen molar-refractivity contribution >= 4 is 15.7 Å². The second kappa shape index (κ2) is 5.48. The molecule has 0 aromatic heterocycles. The molecule has 94 valence electrons. The zero-order valence-corrected chi connectivity index (χ0v) is 11.4. The number of rotatable bonds is 4. The summed E-state index contributed by atoms with van der Waals surface area (Å²) in [7, 11) is -3.39. The van der Waals surface area contributed by atoms with E-state index in [0.717, 1.165) is 0 Å². The molecule has 1 unspecified atom stereocenters. The molecule has 0 radical (unpaired) electrons. The van der Waals surface area contributed by atoms with Gasteiger partial charge in [0.2, 0.25) is 5.91 Å². The second-order valence-corrected chi connectivity index (χ2v) is 7.15. The number of carbonyl (C=O) groups is 1. The van der Waals surface area contributed by atoms with E-state index in [2.05, 4.69) is 5.32 Å². The molecule has 0 heterocycles. The third-order valence-electron chi connectivity index (χ3n) is 1.97. The lowest BCUT2D eigenvalue weighted by molar-refractivity contribution is -0.121. The molecule has 0 rings (SSSR count). The van der Waals surface area contributed by atoms with E-state index in [4.69, 9.17) is 0 Å². The largest absolute Gasteiger partial charge is 0.350 e. The Morgan fingerprint density at radius 2 is 1.88 bits per heavy atom. The van der Waals surface area contributed by atoms with Gasteiger partial charge in [-0.05, 0) is 34.6 Å². The molecule has 4 nitrogen and oxygen atoms in total. The maximum Gasteiger partial charge on any atom is 0.238 e. The Morgan fingerprint density at radius 3 is 2.25 bits per heavy atom. The predicted molar refractivity (Wildman–Crippen MR) is 66.0 cm³/mol. The molecule has 5 heteroatoms. The van der Waals surface area contributed by atoms with Crippen molar-refractivity contribution in [2.45, 2.75) is 45.4 Å². The van der Waals surface area contributed by atoms with Crippen LogP contribution in [0.2, 0.25) is 0 Å². The van der Waals surface area contributed by atoms with Gasteiger partial charge in [-0.3, -0.25) is 4.79 Å². The van der Waals surface area contributed by atoms with E-state index < -0.39 is 26.5 Å². The smallest absolute Gasteiger partial charge is 0.238 e. The van der Waals surface area contributed by atoms with Gasteiger partial charge >= 0.3 is 0 Å². The zero-order valence-electron chi connectivity index (χ0n) is 10.6. The summed E-state index contributed by atoms with van der Waals surface area (Å²) in [6.07, 6.45) is 3.20. The van der Waals surface area contributed by atoms with Gasteiger partial charge in [0.15, 0.2) is 9.84 Å². The summed E-state index contributed by atoms with van der Waals surface area (Å²) in [6, 6.07) is 0. The van der Waals surface area contributed by atoms with Crippen LogP contribution in [0.4, 0.5) is 0 Å². The van der Waals surface area contributed by atoms with E-state index >= 15 is 0 Å². The van der Waals surface area contributed by atoms with E-state index in [0.29, 0.717) is 0 Å². The standard InChI is InChI=1S/C11H21NO3S/c1-6-7-8-16(14,15)9(2)10(13)12-11(3,4)5/h6-7,9H,8H2,1-5H3,(H,12,13)/b7-6+.